The number of carboxylic acids is 1. The highest BCUT2D eigenvalue weighted by atomic mass is 16.7. The molecule has 8 N–H and O–H groups in total. The zero-order valence-corrected chi connectivity index (χ0v) is 32.6. The molecule has 54 heavy (non-hydrogen) atoms. The third kappa shape index (κ3) is 4.89. The molecule has 1 amide bonds. The number of aliphatic hydroxyl groups excluding tert-OH is 6. The second-order valence-corrected chi connectivity index (χ2v) is 20.5. The number of nitrogens with one attached hydrogen (secondary N) is 1. The summed E-state index contributed by atoms with van der Waals surface area (Å²) in [6, 6.07) is 0. The van der Waals surface area contributed by atoms with Crippen molar-refractivity contribution in [2.45, 2.75) is 148 Å². The standard InChI is InChI=1S/C42H65NO11/c1-36(21-44)12-13-40(35(51)52)14-15-41-8-5-9-42(11-6-24(41)26(40)18-36)38(41,3)10-7-28-37(2,22-45)33(54-34-32(50)31(49)27(46)20-53-34)30(48)25(39(28,42)4)16-23-17-29(47)43-19-23/h6,23,25-28,30-34,44-46,48-50H,5,7-22H2,1-4H3,(H,43,47)(H,51,52). The highest BCUT2D eigenvalue weighted by molar-refractivity contribution is 5.78. The van der Waals surface area contributed by atoms with Crippen LogP contribution in [0.1, 0.15) is 111 Å². The zero-order chi connectivity index (χ0) is 38.9. The van der Waals surface area contributed by atoms with Gasteiger partial charge >= 0.3 is 5.97 Å². The van der Waals surface area contributed by atoms with E-state index in [0.717, 1.165) is 44.9 Å². The van der Waals surface area contributed by atoms with Gasteiger partial charge in [0.15, 0.2) is 6.29 Å². The molecule has 5 saturated carbocycles. The fraction of sp³-hybridized carbons (Fsp3) is 0.905. The highest BCUT2D eigenvalue weighted by Gasteiger charge is 2.79. The molecule has 17 unspecified atom stereocenters. The van der Waals surface area contributed by atoms with Crippen molar-refractivity contribution in [3.05, 3.63) is 11.6 Å². The van der Waals surface area contributed by atoms with Crippen LogP contribution in [0, 0.1) is 61.6 Å². The normalized spacial score (nSPS) is 55.4. The van der Waals surface area contributed by atoms with Gasteiger partial charge in [0.1, 0.15) is 18.3 Å². The summed E-state index contributed by atoms with van der Waals surface area (Å²) in [5.74, 6) is -1.39. The molecule has 0 aromatic rings. The Morgan fingerprint density at radius 3 is 2.35 bits per heavy atom. The number of aliphatic carboxylic acids is 1. The van der Waals surface area contributed by atoms with Crippen molar-refractivity contribution < 1.29 is 54.8 Å². The minimum atomic E-state index is -1.56. The Bertz CT molecular complexity index is 1560. The Hall–Kier alpha value is -1.64. The van der Waals surface area contributed by atoms with Crippen LogP contribution in [-0.2, 0) is 19.1 Å². The minimum Gasteiger partial charge on any atom is -0.481 e. The van der Waals surface area contributed by atoms with Crippen LogP contribution in [-0.4, -0.2) is 111 Å². The summed E-state index contributed by atoms with van der Waals surface area (Å²) in [7, 11) is 0. The molecule has 6 aliphatic carbocycles. The first-order chi connectivity index (χ1) is 25.4. The quantitative estimate of drug-likeness (QED) is 0.140. The van der Waals surface area contributed by atoms with E-state index in [4.69, 9.17) is 9.47 Å². The smallest absolute Gasteiger partial charge is 0.310 e. The van der Waals surface area contributed by atoms with Gasteiger partial charge in [-0.25, -0.2) is 0 Å². The maximum Gasteiger partial charge on any atom is 0.310 e. The van der Waals surface area contributed by atoms with Gasteiger partial charge in [-0.1, -0.05) is 45.8 Å². The van der Waals surface area contributed by atoms with Crippen LogP contribution in [0.5, 0.6) is 0 Å². The molecule has 2 saturated heterocycles. The number of carbonyl (C=O) groups is 2. The van der Waals surface area contributed by atoms with Gasteiger partial charge in [-0.2, -0.15) is 0 Å². The lowest BCUT2D eigenvalue weighted by Crippen LogP contribution is -2.77. The number of fused-ring (bicyclic) bond motifs is 3. The van der Waals surface area contributed by atoms with Gasteiger partial charge in [0.25, 0.3) is 0 Å². The average molecular weight is 760 g/mol. The highest BCUT2D eigenvalue weighted by Crippen LogP contribution is 2.84. The lowest BCUT2D eigenvalue weighted by Gasteiger charge is -2.80. The molecule has 8 aliphatic rings. The SMILES string of the molecule is CC1(CO)CCC2(C(=O)O)CCC34CCCC5(CC=C3C2C1)C1(C)C(CC2CNC(=O)C2)C(O)C(OC2OCC(O)C(O)C2O)C(C)(CO)C1CCC45C. The lowest BCUT2D eigenvalue weighted by atomic mass is 9.24. The van der Waals surface area contributed by atoms with E-state index in [1.54, 1.807) is 0 Å². The van der Waals surface area contributed by atoms with Gasteiger partial charge in [0, 0.05) is 25.0 Å². The van der Waals surface area contributed by atoms with Crippen molar-refractivity contribution in [3.63, 3.8) is 0 Å². The number of rotatable bonds is 7. The van der Waals surface area contributed by atoms with Gasteiger partial charge in [-0.15, -0.1) is 0 Å². The molecule has 12 nitrogen and oxygen atoms in total. The van der Waals surface area contributed by atoms with E-state index in [0.29, 0.717) is 45.1 Å². The summed E-state index contributed by atoms with van der Waals surface area (Å²) in [6.07, 6.45) is 4.08. The van der Waals surface area contributed by atoms with E-state index in [2.05, 4.69) is 32.2 Å². The Morgan fingerprint density at radius 2 is 1.69 bits per heavy atom. The molecule has 0 aromatic carbocycles. The maximum atomic E-state index is 13.3. The molecular weight excluding hydrogens is 694 g/mol. The Morgan fingerprint density at radius 1 is 0.944 bits per heavy atom. The van der Waals surface area contributed by atoms with Crippen molar-refractivity contribution >= 4 is 11.9 Å². The number of hydrogen-bond acceptors (Lipinski definition) is 10. The third-order valence-corrected chi connectivity index (χ3v) is 18.6. The van der Waals surface area contributed by atoms with Crippen LogP contribution in [0.2, 0.25) is 0 Å². The number of aliphatic hydroxyl groups is 6. The van der Waals surface area contributed by atoms with Crippen LogP contribution in [0.3, 0.4) is 0 Å². The van der Waals surface area contributed by atoms with Gasteiger partial charge in [0.2, 0.25) is 5.91 Å². The third-order valence-electron chi connectivity index (χ3n) is 18.6. The maximum absolute atomic E-state index is 13.3. The summed E-state index contributed by atoms with van der Waals surface area (Å²) < 4.78 is 12.3. The summed E-state index contributed by atoms with van der Waals surface area (Å²) in [6.45, 7) is 8.89. The number of amides is 1. The summed E-state index contributed by atoms with van der Waals surface area (Å²) >= 11 is 0. The van der Waals surface area contributed by atoms with E-state index >= 15 is 0 Å². The molecule has 17 atom stereocenters. The molecule has 7 fully saturated rings. The van der Waals surface area contributed by atoms with Crippen LogP contribution >= 0.6 is 0 Å². The Labute approximate surface area is 319 Å². The fourth-order valence-electron chi connectivity index (χ4n) is 15.6. The van der Waals surface area contributed by atoms with E-state index in [-0.39, 0.29) is 71.1 Å². The molecule has 2 bridgehead atoms. The fourth-order valence-corrected chi connectivity index (χ4v) is 15.6. The second-order valence-electron chi connectivity index (χ2n) is 20.5. The summed E-state index contributed by atoms with van der Waals surface area (Å²) in [5.41, 5.74) is -2.24. The number of carbonyl (C=O) groups excluding carboxylic acids is 1. The molecule has 12 heteroatoms. The molecule has 0 aromatic heterocycles. The zero-order valence-electron chi connectivity index (χ0n) is 32.6. The topological polar surface area (TPSA) is 206 Å². The van der Waals surface area contributed by atoms with E-state index in [1.165, 1.54) is 5.57 Å². The molecule has 8 rings (SSSR count). The van der Waals surface area contributed by atoms with Gasteiger partial charge in [-0.3, -0.25) is 9.59 Å². The van der Waals surface area contributed by atoms with E-state index in [9.17, 15) is 45.3 Å². The van der Waals surface area contributed by atoms with Crippen LogP contribution < -0.4 is 5.32 Å². The van der Waals surface area contributed by atoms with Gasteiger partial charge < -0.3 is 50.5 Å². The molecule has 2 heterocycles. The summed E-state index contributed by atoms with van der Waals surface area (Å²) in [4.78, 5) is 25.9. The van der Waals surface area contributed by atoms with Crippen LogP contribution in [0.4, 0.5) is 0 Å². The molecule has 2 aliphatic heterocycles. The molecule has 1 spiro atoms. The number of hydrogen-bond donors (Lipinski definition) is 8. The van der Waals surface area contributed by atoms with E-state index in [1.807, 2.05) is 6.92 Å². The van der Waals surface area contributed by atoms with Crippen molar-refractivity contribution in [3.8, 4) is 0 Å². The number of ether oxygens (including phenoxy) is 2. The monoisotopic (exact) mass is 759 g/mol. The Kier molecular flexibility index (Phi) is 9.39. The van der Waals surface area contributed by atoms with Crippen LogP contribution in [0.15, 0.2) is 11.6 Å². The lowest BCUT2D eigenvalue weighted by molar-refractivity contribution is -0.358. The predicted molar refractivity (Wildman–Crippen MR) is 195 cm³/mol. The average Bonchev–Trinajstić information content (AvgIpc) is 3.55. The largest absolute Gasteiger partial charge is 0.481 e. The molecular formula is C42H65NO11. The van der Waals surface area contributed by atoms with Crippen LogP contribution in [0.25, 0.3) is 0 Å². The first kappa shape index (κ1) is 39.2. The second kappa shape index (κ2) is 12.9. The van der Waals surface area contributed by atoms with Gasteiger partial charge in [-0.05, 0) is 121 Å². The van der Waals surface area contributed by atoms with Crippen molar-refractivity contribution in [1.29, 1.82) is 0 Å². The van der Waals surface area contributed by atoms with Crippen molar-refractivity contribution in [2.75, 3.05) is 26.4 Å². The molecule has 0 radical (unpaired) electrons. The molecule has 304 valence electrons. The predicted octanol–water partition coefficient (Wildman–Crippen LogP) is 2.90. The number of carboxylic acid groups (broad SMARTS) is 1. The van der Waals surface area contributed by atoms with E-state index < -0.39 is 59.0 Å². The Balaban J connectivity index is 1.26. The summed E-state index contributed by atoms with van der Waals surface area (Å²) in [5, 5.41) is 80.6. The van der Waals surface area contributed by atoms with Crippen molar-refractivity contribution in [2.24, 2.45) is 61.6 Å². The number of allylic oxidation sites excluding steroid dienone is 2. The van der Waals surface area contributed by atoms with Gasteiger partial charge in [0.05, 0.1) is 30.8 Å². The first-order valence-electron chi connectivity index (χ1n) is 20.8. The minimum absolute atomic E-state index is 0.00809. The van der Waals surface area contributed by atoms with Crippen molar-refractivity contribution in [1.82, 2.24) is 5.32 Å². The first-order valence-corrected chi connectivity index (χ1v) is 20.8.